The molecule has 3 aromatic rings. The van der Waals surface area contributed by atoms with Crippen molar-refractivity contribution in [3.05, 3.63) is 108 Å². The molecule has 4 heteroatoms. The van der Waals surface area contributed by atoms with Gasteiger partial charge in [-0.2, -0.15) is 11.8 Å². The average molecular weight is 421 g/mol. The summed E-state index contributed by atoms with van der Waals surface area (Å²) in [6.45, 7) is 2.48. The molecule has 0 unspecified atom stereocenters. The third-order valence-electron chi connectivity index (χ3n) is 5.19. The summed E-state index contributed by atoms with van der Waals surface area (Å²) in [4.78, 5) is 0. The van der Waals surface area contributed by atoms with Gasteiger partial charge in [-0.1, -0.05) is 91.0 Å². The molecule has 1 aliphatic rings. The lowest BCUT2D eigenvalue weighted by molar-refractivity contribution is -0.0768. The molecule has 1 fully saturated rings. The lowest BCUT2D eigenvalue weighted by Crippen LogP contribution is -2.36. The zero-order valence-corrected chi connectivity index (χ0v) is 17.9. The first kappa shape index (κ1) is 21.1. The van der Waals surface area contributed by atoms with E-state index in [4.69, 9.17) is 14.2 Å². The van der Waals surface area contributed by atoms with Gasteiger partial charge in [0.15, 0.2) is 0 Å². The summed E-state index contributed by atoms with van der Waals surface area (Å²) >= 11 is 1.89. The minimum atomic E-state index is 0.00897. The van der Waals surface area contributed by atoms with E-state index in [1.807, 2.05) is 66.4 Å². The quantitative estimate of drug-likeness (QED) is 0.433. The highest BCUT2D eigenvalue weighted by atomic mass is 32.2. The van der Waals surface area contributed by atoms with Crippen LogP contribution in [-0.2, 0) is 34.0 Å². The first-order chi connectivity index (χ1) is 14.9. The lowest BCUT2D eigenvalue weighted by Gasteiger charge is -2.25. The average Bonchev–Trinajstić information content (AvgIpc) is 3.20. The molecule has 1 heterocycles. The molecule has 0 bridgehead atoms. The molecule has 156 valence electrons. The number of rotatable bonds is 10. The monoisotopic (exact) mass is 420 g/mol. The van der Waals surface area contributed by atoms with Crippen molar-refractivity contribution < 1.29 is 14.2 Å². The second kappa shape index (κ2) is 11.3. The fourth-order valence-corrected chi connectivity index (χ4v) is 4.92. The number of benzene rings is 3. The van der Waals surface area contributed by atoms with Gasteiger partial charge in [0.25, 0.3) is 0 Å². The van der Waals surface area contributed by atoms with E-state index in [0.29, 0.717) is 26.4 Å². The fraction of sp³-hybridized carbons (Fsp3) is 0.308. The van der Waals surface area contributed by atoms with Gasteiger partial charge in [-0.05, 0) is 16.7 Å². The Hall–Kier alpha value is -2.11. The highest BCUT2D eigenvalue weighted by Gasteiger charge is 2.38. The van der Waals surface area contributed by atoms with Gasteiger partial charge in [0, 0.05) is 5.75 Å². The smallest absolute Gasteiger partial charge is 0.0990 e. The van der Waals surface area contributed by atoms with Crippen molar-refractivity contribution >= 4 is 11.8 Å². The summed E-state index contributed by atoms with van der Waals surface area (Å²) in [5, 5.41) is 0.262. The number of thioether (sulfide) groups is 1. The Morgan fingerprint density at radius 1 is 0.633 bits per heavy atom. The Balaban J connectivity index is 1.35. The third-order valence-corrected chi connectivity index (χ3v) is 6.55. The SMILES string of the molecule is c1ccc(COC[C@H]2SC[C@@H](OCc3ccccc3)[C@@H]2OCc2ccccc2)cc1. The van der Waals surface area contributed by atoms with Gasteiger partial charge in [0.2, 0.25) is 0 Å². The molecule has 30 heavy (non-hydrogen) atoms. The van der Waals surface area contributed by atoms with Crippen LogP contribution >= 0.6 is 11.8 Å². The van der Waals surface area contributed by atoms with Crippen LogP contribution in [0, 0.1) is 0 Å². The van der Waals surface area contributed by atoms with Crippen LogP contribution in [0.2, 0.25) is 0 Å². The van der Waals surface area contributed by atoms with Gasteiger partial charge < -0.3 is 14.2 Å². The molecule has 0 spiro atoms. The Labute approximate surface area is 183 Å². The molecular formula is C26H28O3S. The summed E-state index contributed by atoms with van der Waals surface area (Å²) < 4.78 is 18.7. The van der Waals surface area contributed by atoms with Gasteiger partial charge in [-0.3, -0.25) is 0 Å². The molecule has 0 N–H and O–H groups in total. The van der Waals surface area contributed by atoms with E-state index >= 15 is 0 Å². The van der Waals surface area contributed by atoms with E-state index in [0.717, 1.165) is 5.75 Å². The molecule has 0 aliphatic carbocycles. The van der Waals surface area contributed by atoms with E-state index in [2.05, 4.69) is 36.4 Å². The zero-order chi connectivity index (χ0) is 20.4. The van der Waals surface area contributed by atoms with Gasteiger partial charge in [0.05, 0.1) is 43.9 Å². The minimum absolute atomic E-state index is 0.00897. The fourth-order valence-electron chi connectivity index (χ4n) is 3.56. The molecule has 1 saturated heterocycles. The maximum absolute atomic E-state index is 6.38. The van der Waals surface area contributed by atoms with E-state index in [1.54, 1.807) is 0 Å². The van der Waals surface area contributed by atoms with Gasteiger partial charge >= 0.3 is 0 Å². The molecule has 4 rings (SSSR count). The molecule has 3 nitrogen and oxygen atoms in total. The normalized spacial score (nSPS) is 21.0. The third kappa shape index (κ3) is 6.19. The molecule has 0 saturated carbocycles. The van der Waals surface area contributed by atoms with Crippen LogP contribution in [0.15, 0.2) is 91.0 Å². The number of hydrogen-bond acceptors (Lipinski definition) is 4. The van der Waals surface area contributed by atoms with Gasteiger partial charge in [-0.15, -0.1) is 0 Å². The van der Waals surface area contributed by atoms with Crippen molar-refractivity contribution in [2.24, 2.45) is 0 Å². The highest BCUT2D eigenvalue weighted by Crippen LogP contribution is 2.33. The van der Waals surface area contributed by atoms with Crippen LogP contribution in [0.25, 0.3) is 0 Å². The van der Waals surface area contributed by atoms with Crippen LogP contribution in [0.5, 0.6) is 0 Å². The Kier molecular flexibility index (Phi) is 7.98. The second-order valence-electron chi connectivity index (χ2n) is 7.47. The maximum Gasteiger partial charge on any atom is 0.0990 e. The second-order valence-corrected chi connectivity index (χ2v) is 8.74. The number of ether oxygens (including phenoxy) is 3. The van der Waals surface area contributed by atoms with E-state index in [9.17, 15) is 0 Å². The summed E-state index contributed by atoms with van der Waals surface area (Å²) in [5.41, 5.74) is 3.56. The van der Waals surface area contributed by atoms with Crippen molar-refractivity contribution in [2.75, 3.05) is 12.4 Å². The summed E-state index contributed by atoms with van der Waals surface area (Å²) in [7, 11) is 0. The van der Waals surface area contributed by atoms with E-state index in [-0.39, 0.29) is 17.5 Å². The van der Waals surface area contributed by atoms with Crippen molar-refractivity contribution in [3.8, 4) is 0 Å². The van der Waals surface area contributed by atoms with Crippen LogP contribution in [0.4, 0.5) is 0 Å². The molecule has 3 atom stereocenters. The van der Waals surface area contributed by atoms with E-state index < -0.39 is 0 Å². The molecule has 1 aliphatic heterocycles. The zero-order valence-electron chi connectivity index (χ0n) is 17.1. The Morgan fingerprint density at radius 3 is 1.70 bits per heavy atom. The van der Waals surface area contributed by atoms with Gasteiger partial charge in [-0.25, -0.2) is 0 Å². The molecule has 0 amide bonds. The molecule has 0 aromatic heterocycles. The highest BCUT2D eigenvalue weighted by molar-refractivity contribution is 8.00. The van der Waals surface area contributed by atoms with Crippen molar-refractivity contribution in [1.29, 1.82) is 0 Å². The summed E-state index contributed by atoms with van der Waals surface area (Å²) in [6.07, 6.45) is 0.0685. The maximum atomic E-state index is 6.38. The molecule has 0 radical (unpaired) electrons. The topological polar surface area (TPSA) is 27.7 Å². The predicted molar refractivity (Wildman–Crippen MR) is 122 cm³/mol. The minimum Gasteiger partial charge on any atom is -0.376 e. The predicted octanol–water partition coefficient (Wildman–Crippen LogP) is 5.49. The van der Waals surface area contributed by atoms with Gasteiger partial charge in [0.1, 0.15) is 0 Å². The van der Waals surface area contributed by atoms with Crippen LogP contribution in [0.1, 0.15) is 16.7 Å². The first-order valence-electron chi connectivity index (χ1n) is 10.4. The van der Waals surface area contributed by atoms with Crippen molar-refractivity contribution in [2.45, 2.75) is 37.3 Å². The Morgan fingerprint density at radius 2 is 1.13 bits per heavy atom. The standard InChI is InChI=1S/C26H28O3S/c1-4-10-21(11-5-1)16-27-19-25-26(29-18-23-14-8-3-9-15-23)24(20-30-25)28-17-22-12-6-2-7-13-22/h1-15,24-26H,16-20H2/t24-,25-,26+/m1/s1. The number of hydrogen-bond donors (Lipinski definition) is 0. The lowest BCUT2D eigenvalue weighted by atomic mass is 10.1. The van der Waals surface area contributed by atoms with Crippen molar-refractivity contribution in [3.63, 3.8) is 0 Å². The molecular weight excluding hydrogens is 392 g/mol. The van der Waals surface area contributed by atoms with Crippen LogP contribution < -0.4 is 0 Å². The summed E-state index contributed by atoms with van der Waals surface area (Å²) in [6, 6.07) is 30.9. The molecule has 3 aromatic carbocycles. The summed E-state index contributed by atoms with van der Waals surface area (Å²) in [5.74, 6) is 0.922. The van der Waals surface area contributed by atoms with Crippen LogP contribution in [0.3, 0.4) is 0 Å². The van der Waals surface area contributed by atoms with Crippen molar-refractivity contribution in [1.82, 2.24) is 0 Å². The Bertz CT molecular complexity index is 857. The van der Waals surface area contributed by atoms with E-state index in [1.165, 1.54) is 16.7 Å². The largest absolute Gasteiger partial charge is 0.376 e. The van der Waals surface area contributed by atoms with Crippen LogP contribution in [-0.4, -0.2) is 29.8 Å². The first-order valence-corrected chi connectivity index (χ1v) is 11.5.